The summed E-state index contributed by atoms with van der Waals surface area (Å²) < 4.78 is 5.29. The van der Waals surface area contributed by atoms with Gasteiger partial charge in [-0.05, 0) is 19.3 Å². The number of piperidine rings is 1. The molecular weight excluding hydrogens is 322 g/mol. The number of ether oxygens (including phenoxy) is 1. The smallest absolute Gasteiger partial charge is 0.274 e. The van der Waals surface area contributed by atoms with E-state index in [0.717, 1.165) is 32.4 Å². The summed E-state index contributed by atoms with van der Waals surface area (Å²) in [5.41, 5.74) is 0.0397. The number of hydrogen-bond acceptors (Lipinski definition) is 6. The van der Waals surface area contributed by atoms with E-state index in [1.807, 2.05) is 0 Å². The molecule has 0 radical (unpaired) electrons. The van der Waals surface area contributed by atoms with E-state index in [-0.39, 0.29) is 17.2 Å². The van der Waals surface area contributed by atoms with Crippen LogP contribution in [0.5, 0.6) is 0 Å². The van der Waals surface area contributed by atoms with Crippen LogP contribution < -0.4 is 10.2 Å². The lowest BCUT2D eigenvalue weighted by Crippen LogP contribution is -2.47. The van der Waals surface area contributed by atoms with Crippen molar-refractivity contribution < 1.29 is 14.3 Å². The summed E-state index contributed by atoms with van der Waals surface area (Å²) in [7, 11) is 0. The summed E-state index contributed by atoms with van der Waals surface area (Å²) in [5, 5.41) is 2.99. The van der Waals surface area contributed by atoms with Crippen LogP contribution in [-0.2, 0) is 9.53 Å². The molecule has 3 saturated heterocycles. The predicted octanol–water partition coefficient (Wildman–Crippen LogP) is 0.0555. The third-order valence-corrected chi connectivity index (χ3v) is 5.42. The lowest BCUT2D eigenvalue weighted by Gasteiger charge is -2.32. The first kappa shape index (κ1) is 16.3. The van der Waals surface area contributed by atoms with E-state index in [1.165, 1.54) is 6.20 Å². The SMILES string of the molecule is O=C(c1cncc(N2CC[C@@]3(CCCNC3=O)C2)n1)N1CCOCC1. The maximum atomic E-state index is 12.6. The van der Waals surface area contributed by atoms with E-state index >= 15 is 0 Å². The topological polar surface area (TPSA) is 87.7 Å². The van der Waals surface area contributed by atoms with Crippen LogP contribution in [0.25, 0.3) is 0 Å². The molecule has 4 heterocycles. The number of nitrogens with zero attached hydrogens (tertiary/aromatic N) is 4. The zero-order chi connectivity index (χ0) is 17.3. The van der Waals surface area contributed by atoms with Gasteiger partial charge in [0, 0.05) is 32.7 Å². The largest absolute Gasteiger partial charge is 0.378 e. The van der Waals surface area contributed by atoms with Gasteiger partial charge in [0.1, 0.15) is 11.5 Å². The molecule has 3 aliphatic heterocycles. The van der Waals surface area contributed by atoms with Crippen molar-refractivity contribution in [1.29, 1.82) is 0 Å². The van der Waals surface area contributed by atoms with Crippen LogP contribution in [0.1, 0.15) is 29.8 Å². The lowest BCUT2D eigenvalue weighted by molar-refractivity contribution is -0.132. The number of amides is 2. The number of anilines is 1. The Hall–Kier alpha value is -2.22. The second kappa shape index (κ2) is 6.59. The summed E-state index contributed by atoms with van der Waals surface area (Å²) in [4.78, 5) is 37.5. The number of carbonyl (C=O) groups is 2. The van der Waals surface area contributed by atoms with Crippen molar-refractivity contribution in [3.05, 3.63) is 18.1 Å². The number of carbonyl (C=O) groups excluding carboxylic acids is 2. The molecule has 1 N–H and O–H groups in total. The Morgan fingerprint density at radius 3 is 2.84 bits per heavy atom. The Kier molecular flexibility index (Phi) is 4.29. The van der Waals surface area contributed by atoms with Gasteiger partial charge >= 0.3 is 0 Å². The second-order valence-corrected chi connectivity index (χ2v) is 6.98. The fourth-order valence-electron chi connectivity index (χ4n) is 3.93. The number of aromatic nitrogens is 2. The van der Waals surface area contributed by atoms with Gasteiger partial charge in [-0.2, -0.15) is 0 Å². The highest BCUT2D eigenvalue weighted by molar-refractivity contribution is 5.92. The van der Waals surface area contributed by atoms with Gasteiger partial charge in [-0.3, -0.25) is 14.6 Å². The third-order valence-electron chi connectivity index (χ3n) is 5.42. The van der Waals surface area contributed by atoms with E-state index in [9.17, 15) is 9.59 Å². The van der Waals surface area contributed by atoms with Gasteiger partial charge in [-0.25, -0.2) is 4.98 Å². The summed E-state index contributed by atoms with van der Waals surface area (Å²) in [5.74, 6) is 0.714. The molecule has 8 heteroatoms. The zero-order valence-corrected chi connectivity index (χ0v) is 14.2. The highest BCUT2D eigenvalue weighted by Gasteiger charge is 2.46. The standard InChI is InChI=1S/C17H23N5O3/c23-15(21-6-8-25-9-7-21)13-10-18-11-14(20-13)22-5-3-17(12-22)2-1-4-19-16(17)24/h10-11H,1-9,12H2,(H,19,24)/t17-/m0/s1. The van der Waals surface area contributed by atoms with Gasteiger partial charge in [0.2, 0.25) is 5.91 Å². The van der Waals surface area contributed by atoms with Gasteiger partial charge < -0.3 is 19.9 Å². The Labute approximate surface area is 146 Å². The van der Waals surface area contributed by atoms with Crippen LogP contribution in [0.15, 0.2) is 12.4 Å². The van der Waals surface area contributed by atoms with Crippen LogP contribution in [0.3, 0.4) is 0 Å². The fourth-order valence-corrected chi connectivity index (χ4v) is 3.93. The van der Waals surface area contributed by atoms with Crippen LogP contribution in [-0.4, -0.2) is 72.6 Å². The molecule has 3 aliphatic rings. The summed E-state index contributed by atoms with van der Waals surface area (Å²) >= 11 is 0. The molecule has 1 aromatic heterocycles. The molecule has 8 nitrogen and oxygen atoms in total. The Morgan fingerprint density at radius 2 is 2.04 bits per heavy atom. The van der Waals surface area contributed by atoms with Gasteiger partial charge in [0.15, 0.2) is 0 Å². The molecule has 0 aliphatic carbocycles. The van der Waals surface area contributed by atoms with Crippen molar-refractivity contribution in [3.63, 3.8) is 0 Å². The quantitative estimate of drug-likeness (QED) is 0.815. The highest BCUT2D eigenvalue weighted by Crippen LogP contribution is 2.38. The first-order valence-corrected chi connectivity index (χ1v) is 8.90. The third kappa shape index (κ3) is 3.06. The minimum absolute atomic E-state index is 0.109. The Bertz CT molecular complexity index is 676. The van der Waals surface area contributed by atoms with E-state index in [1.54, 1.807) is 11.1 Å². The predicted molar refractivity (Wildman–Crippen MR) is 90.3 cm³/mol. The van der Waals surface area contributed by atoms with E-state index in [0.29, 0.717) is 44.4 Å². The number of morpholine rings is 1. The van der Waals surface area contributed by atoms with Crippen LogP contribution in [0, 0.1) is 5.41 Å². The minimum atomic E-state index is -0.315. The van der Waals surface area contributed by atoms with Crippen LogP contribution >= 0.6 is 0 Å². The van der Waals surface area contributed by atoms with E-state index < -0.39 is 0 Å². The monoisotopic (exact) mass is 345 g/mol. The molecular formula is C17H23N5O3. The van der Waals surface area contributed by atoms with Crippen molar-refractivity contribution in [3.8, 4) is 0 Å². The minimum Gasteiger partial charge on any atom is -0.378 e. The van der Waals surface area contributed by atoms with Crippen molar-refractivity contribution in [2.45, 2.75) is 19.3 Å². The molecule has 1 atom stereocenters. The molecule has 134 valence electrons. The maximum Gasteiger partial charge on any atom is 0.274 e. The zero-order valence-electron chi connectivity index (χ0n) is 14.2. The molecule has 0 aromatic carbocycles. The molecule has 1 aromatic rings. The summed E-state index contributed by atoms with van der Waals surface area (Å²) in [6.07, 6.45) is 5.94. The average Bonchev–Trinajstić information content (AvgIpc) is 3.10. The molecule has 25 heavy (non-hydrogen) atoms. The summed E-state index contributed by atoms with van der Waals surface area (Å²) in [6.45, 7) is 4.45. The Morgan fingerprint density at radius 1 is 1.20 bits per heavy atom. The number of nitrogens with one attached hydrogen (secondary N) is 1. The lowest BCUT2D eigenvalue weighted by atomic mass is 9.79. The molecule has 2 amide bonds. The van der Waals surface area contributed by atoms with Crippen LogP contribution in [0.2, 0.25) is 0 Å². The molecule has 1 spiro atoms. The van der Waals surface area contributed by atoms with Gasteiger partial charge in [-0.1, -0.05) is 0 Å². The number of hydrogen-bond donors (Lipinski definition) is 1. The van der Waals surface area contributed by atoms with Crippen molar-refractivity contribution in [2.75, 3.05) is 50.8 Å². The maximum absolute atomic E-state index is 12.6. The molecule has 0 saturated carbocycles. The molecule has 4 rings (SSSR count). The van der Waals surface area contributed by atoms with Gasteiger partial charge in [0.25, 0.3) is 5.91 Å². The molecule has 0 bridgehead atoms. The normalized spacial score (nSPS) is 26.8. The van der Waals surface area contributed by atoms with Crippen molar-refractivity contribution in [2.24, 2.45) is 5.41 Å². The average molecular weight is 345 g/mol. The van der Waals surface area contributed by atoms with Crippen molar-refractivity contribution >= 4 is 17.6 Å². The molecule has 0 unspecified atom stereocenters. The second-order valence-electron chi connectivity index (χ2n) is 6.98. The number of rotatable bonds is 2. The first-order chi connectivity index (χ1) is 12.2. The fraction of sp³-hybridized carbons (Fsp3) is 0.647. The van der Waals surface area contributed by atoms with Gasteiger partial charge in [-0.15, -0.1) is 0 Å². The van der Waals surface area contributed by atoms with E-state index in [4.69, 9.17) is 4.74 Å². The first-order valence-electron chi connectivity index (χ1n) is 8.90. The van der Waals surface area contributed by atoms with Gasteiger partial charge in [0.05, 0.1) is 31.0 Å². The van der Waals surface area contributed by atoms with E-state index in [2.05, 4.69) is 20.2 Å². The van der Waals surface area contributed by atoms with Crippen molar-refractivity contribution in [1.82, 2.24) is 20.2 Å². The highest BCUT2D eigenvalue weighted by atomic mass is 16.5. The summed E-state index contributed by atoms with van der Waals surface area (Å²) in [6, 6.07) is 0. The Balaban J connectivity index is 1.50. The molecule has 3 fully saturated rings. The van der Waals surface area contributed by atoms with Crippen LogP contribution in [0.4, 0.5) is 5.82 Å².